The number of anilines is 1. The van der Waals surface area contributed by atoms with Crippen LogP contribution in [-0.4, -0.2) is 30.5 Å². The molecule has 0 saturated heterocycles. The number of rotatable bonds is 6. The van der Waals surface area contributed by atoms with Gasteiger partial charge in [-0.15, -0.1) is 0 Å². The van der Waals surface area contributed by atoms with E-state index in [0.29, 0.717) is 22.0 Å². The Kier molecular flexibility index (Phi) is 6.69. The number of ether oxygens (including phenoxy) is 1. The molecular formula is C17H15ClN4O4. The number of hydrogen-bond donors (Lipinski definition) is 3. The number of nitrogens with zero attached hydrogens (tertiary/aromatic N) is 1. The molecule has 26 heavy (non-hydrogen) atoms. The molecule has 0 spiro atoms. The smallest absolute Gasteiger partial charge is 0.329 e. The Hall–Kier alpha value is -3.39. The van der Waals surface area contributed by atoms with Crippen LogP contribution in [0, 0.1) is 0 Å². The number of amides is 3. The Morgan fingerprint density at radius 2 is 1.88 bits per heavy atom. The Morgan fingerprint density at radius 1 is 1.12 bits per heavy atom. The standard InChI is InChI=1S/C17H15ClN4O4/c18-12-4-2-5-13(8-12)21-16(24)17(25)22-20-9-11-3-1-6-14(7-11)26-10-15(19)23/h1-9H,10H2,(H2,19,23)(H,21,24)(H,22,25)/b20-9-. The van der Waals surface area contributed by atoms with Gasteiger partial charge in [-0.3, -0.25) is 14.4 Å². The third kappa shape index (κ3) is 6.25. The molecule has 0 unspecified atom stereocenters. The van der Waals surface area contributed by atoms with Gasteiger partial charge in [-0.1, -0.05) is 29.8 Å². The van der Waals surface area contributed by atoms with Crippen LogP contribution in [0.5, 0.6) is 5.75 Å². The summed E-state index contributed by atoms with van der Waals surface area (Å²) in [5.74, 6) is -2.01. The molecule has 0 fully saturated rings. The zero-order valence-electron chi connectivity index (χ0n) is 13.4. The normalized spacial score (nSPS) is 10.3. The highest BCUT2D eigenvalue weighted by Gasteiger charge is 2.12. The average molecular weight is 375 g/mol. The molecule has 0 aliphatic heterocycles. The summed E-state index contributed by atoms with van der Waals surface area (Å²) in [6, 6.07) is 13.0. The van der Waals surface area contributed by atoms with Crippen molar-refractivity contribution >= 4 is 41.2 Å². The second-order valence-corrected chi connectivity index (χ2v) is 5.43. The van der Waals surface area contributed by atoms with Crippen molar-refractivity contribution in [2.75, 3.05) is 11.9 Å². The van der Waals surface area contributed by atoms with Crippen LogP contribution >= 0.6 is 11.6 Å². The van der Waals surface area contributed by atoms with E-state index in [1.807, 2.05) is 0 Å². The Labute approximate surface area is 154 Å². The summed E-state index contributed by atoms with van der Waals surface area (Å²) in [5, 5.41) is 6.52. The Morgan fingerprint density at radius 3 is 2.62 bits per heavy atom. The molecule has 2 aromatic rings. The zero-order valence-corrected chi connectivity index (χ0v) is 14.2. The quantitative estimate of drug-likeness (QED) is 0.400. The van der Waals surface area contributed by atoms with Gasteiger partial charge in [-0.2, -0.15) is 5.10 Å². The molecule has 2 aromatic carbocycles. The minimum absolute atomic E-state index is 0.249. The van der Waals surface area contributed by atoms with E-state index in [-0.39, 0.29) is 6.61 Å². The van der Waals surface area contributed by atoms with Crippen molar-refractivity contribution in [1.82, 2.24) is 5.43 Å². The van der Waals surface area contributed by atoms with Crippen LogP contribution in [0.1, 0.15) is 5.56 Å². The lowest BCUT2D eigenvalue weighted by atomic mass is 10.2. The summed E-state index contributed by atoms with van der Waals surface area (Å²) in [6.45, 7) is -0.249. The second kappa shape index (κ2) is 9.19. The summed E-state index contributed by atoms with van der Waals surface area (Å²) in [7, 11) is 0. The molecule has 0 aliphatic carbocycles. The van der Waals surface area contributed by atoms with Gasteiger partial charge < -0.3 is 15.8 Å². The van der Waals surface area contributed by atoms with Gasteiger partial charge in [0.15, 0.2) is 6.61 Å². The Balaban J connectivity index is 1.89. The van der Waals surface area contributed by atoms with E-state index in [4.69, 9.17) is 22.1 Å². The molecule has 0 radical (unpaired) electrons. The summed E-state index contributed by atoms with van der Waals surface area (Å²) in [6.07, 6.45) is 1.32. The highest BCUT2D eigenvalue weighted by molar-refractivity contribution is 6.39. The van der Waals surface area contributed by atoms with E-state index in [0.717, 1.165) is 0 Å². The van der Waals surface area contributed by atoms with Gasteiger partial charge in [0.1, 0.15) is 5.75 Å². The third-order valence-electron chi connectivity index (χ3n) is 2.91. The second-order valence-electron chi connectivity index (χ2n) is 4.99. The molecule has 3 amide bonds. The Bertz CT molecular complexity index is 854. The third-order valence-corrected chi connectivity index (χ3v) is 3.14. The lowest BCUT2D eigenvalue weighted by Gasteiger charge is -2.05. The molecule has 0 aliphatic rings. The molecular weight excluding hydrogens is 360 g/mol. The van der Waals surface area contributed by atoms with Crippen LogP contribution in [0.4, 0.5) is 5.69 Å². The molecule has 9 heteroatoms. The zero-order chi connectivity index (χ0) is 18.9. The van der Waals surface area contributed by atoms with Crippen LogP contribution in [0.2, 0.25) is 5.02 Å². The first-order valence-electron chi connectivity index (χ1n) is 7.35. The van der Waals surface area contributed by atoms with Crippen LogP contribution in [0.3, 0.4) is 0 Å². The topological polar surface area (TPSA) is 123 Å². The predicted octanol–water partition coefficient (Wildman–Crippen LogP) is 1.29. The summed E-state index contributed by atoms with van der Waals surface area (Å²) in [5.41, 5.74) is 8.08. The first-order chi connectivity index (χ1) is 12.4. The summed E-state index contributed by atoms with van der Waals surface area (Å²) in [4.78, 5) is 34.2. The van der Waals surface area contributed by atoms with Gasteiger partial charge in [0.2, 0.25) is 0 Å². The van der Waals surface area contributed by atoms with Crippen molar-refractivity contribution in [2.24, 2.45) is 10.8 Å². The fourth-order valence-corrected chi connectivity index (χ4v) is 2.00. The molecule has 8 nitrogen and oxygen atoms in total. The van der Waals surface area contributed by atoms with Crippen molar-refractivity contribution in [3.8, 4) is 5.75 Å². The molecule has 2 rings (SSSR count). The van der Waals surface area contributed by atoms with Crippen molar-refractivity contribution in [3.05, 3.63) is 59.1 Å². The number of hydrazone groups is 1. The number of hydrogen-bond acceptors (Lipinski definition) is 5. The monoisotopic (exact) mass is 374 g/mol. The number of carbonyl (C=O) groups excluding carboxylic acids is 3. The lowest BCUT2D eigenvalue weighted by Crippen LogP contribution is -2.32. The first-order valence-corrected chi connectivity index (χ1v) is 7.73. The SMILES string of the molecule is NC(=O)COc1cccc(/C=N\NC(=O)C(=O)Nc2cccc(Cl)c2)c1. The van der Waals surface area contributed by atoms with E-state index in [9.17, 15) is 14.4 Å². The highest BCUT2D eigenvalue weighted by Crippen LogP contribution is 2.14. The molecule has 134 valence electrons. The van der Waals surface area contributed by atoms with Crippen LogP contribution in [0.25, 0.3) is 0 Å². The molecule has 0 saturated carbocycles. The maximum atomic E-state index is 11.8. The maximum absolute atomic E-state index is 11.8. The van der Waals surface area contributed by atoms with Gasteiger partial charge in [0, 0.05) is 10.7 Å². The van der Waals surface area contributed by atoms with E-state index in [2.05, 4.69) is 15.8 Å². The molecule has 4 N–H and O–H groups in total. The van der Waals surface area contributed by atoms with Crippen molar-refractivity contribution in [1.29, 1.82) is 0 Å². The van der Waals surface area contributed by atoms with Gasteiger partial charge in [-0.25, -0.2) is 5.43 Å². The van der Waals surface area contributed by atoms with E-state index in [1.165, 1.54) is 12.3 Å². The van der Waals surface area contributed by atoms with Crippen LogP contribution in [0.15, 0.2) is 53.6 Å². The maximum Gasteiger partial charge on any atom is 0.329 e. The van der Waals surface area contributed by atoms with Gasteiger partial charge >= 0.3 is 11.8 Å². The van der Waals surface area contributed by atoms with E-state index in [1.54, 1.807) is 42.5 Å². The minimum atomic E-state index is -0.942. The number of benzene rings is 2. The van der Waals surface area contributed by atoms with Gasteiger partial charge in [-0.05, 0) is 35.9 Å². The number of primary amides is 1. The minimum Gasteiger partial charge on any atom is -0.484 e. The first kappa shape index (κ1) is 18.9. The van der Waals surface area contributed by atoms with Crippen molar-refractivity contribution in [3.63, 3.8) is 0 Å². The average Bonchev–Trinajstić information content (AvgIpc) is 2.60. The largest absolute Gasteiger partial charge is 0.484 e. The predicted molar refractivity (Wildman–Crippen MR) is 96.9 cm³/mol. The number of carbonyl (C=O) groups is 3. The number of nitrogens with two attached hydrogens (primary N) is 1. The number of nitrogens with one attached hydrogen (secondary N) is 2. The molecule has 0 atom stereocenters. The molecule has 0 heterocycles. The van der Waals surface area contributed by atoms with Gasteiger partial charge in [0.05, 0.1) is 6.21 Å². The molecule has 0 aromatic heterocycles. The summed E-state index contributed by atoms with van der Waals surface area (Å²) >= 11 is 5.80. The van der Waals surface area contributed by atoms with Crippen molar-refractivity contribution in [2.45, 2.75) is 0 Å². The highest BCUT2D eigenvalue weighted by atomic mass is 35.5. The van der Waals surface area contributed by atoms with E-state index < -0.39 is 17.7 Å². The summed E-state index contributed by atoms with van der Waals surface area (Å²) < 4.78 is 5.15. The van der Waals surface area contributed by atoms with Crippen LogP contribution < -0.4 is 21.2 Å². The van der Waals surface area contributed by atoms with Gasteiger partial charge in [0.25, 0.3) is 5.91 Å². The fourth-order valence-electron chi connectivity index (χ4n) is 1.81. The van der Waals surface area contributed by atoms with Crippen molar-refractivity contribution < 1.29 is 19.1 Å². The lowest BCUT2D eigenvalue weighted by molar-refractivity contribution is -0.136. The molecule has 0 bridgehead atoms. The van der Waals surface area contributed by atoms with Crippen LogP contribution in [-0.2, 0) is 14.4 Å². The fraction of sp³-hybridized carbons (Fsp3) is 0.0588. The van der Waals surface area contributed by atoms with E-state index >= 15 is 0 Å². The number of halogens is 1.